The van der Waals surface area contributed by atoms with E-state index < -0.39 is 0 Å². The third kappa shape index (κ3) is 4.61. The molecule has 0 radical (unpaired) electrons. The second-order valence-electron chi connectivity index (χ2n) is 6.86. The van der Waals surface area contributed by atoms with Crippen LogP contribution in [0.1, 0.15) is 46.2 Å². The molecule has 0 spiro atoms. The minimum atomic E-state index is 0.393. The van der Waals surface area contributed by atoms with Crippen molar-refractivity contribution in [2.75, 3.05) is 0 Å². The average Bonchev–Trinajstić information content (AvgIpc) is 2.67. The highest BCUT2D eigenvalue weighted by atomic mass is 14.1. The Bertz CT molecular complexity index is 911. The lowest BCUT2D eigenvalue weighted by atomic mass is 9.97. The highest BCUT2D eigenvalue weighted by Gasteiger charge is 2.01. The first-order valence-electron chi connectivity index (χ1n) is 9.21. The van der Waals surface area contributed by atoms with Crippen LogP contribution in [0.3, 0.4) is 0 Å². The van der Waals surface area contributed by atoms with Gasteiger partial charge in [-0.25, -0.2) is 0 Å². The van der Waals surface area contributed by atoms with Crippen LogP contribution >= 0.6 is 0 Å². The number of benzene rings is 3. The van der Waals surface area contributed by atoms with Crippen LogP contribution in [-0.4, -0.2) is 0 Å². The van der Waals surface area contributed by atoms with Crippen molar-refractivity contribution < 1.29 is 0 Å². The molecule has 0 aliphatic rings. The third-order valence-electron chi connectivity index (χ3n) is 4.86. The van der Waals surface area contributed by atoms with E-state index in [4.69, 9.17) is 0 Å². The maximum absolute atomic E-state index is 2.28. The molecule has 130 valence electrons. The van der Waals surface area contributed by atoms with Crippen LogP contribution in [0.4, 0.5) is 0 Å². The minimum absolute atomic E-state index is 0.393. The number of allylic oxidation sites excluding steroid dienone is 1. The van der Waals surface area contributed by atoms with E-state index in [1.165, 1.54) is 33.4 Å². The fourth-order valence-electron chi connectivity index (χ4n) is 3.00. The van der Waals surface area contributed by atoms with Crippen LogP contribution in [0.15, 0.2) is 78.9 Å². The summed E-state index contributed by atoms with van der Waals surface area (Å²) in [6, 6.07) is 25.8. The number of rotatable bonds is 5. The van der Waals surface area contributed by atoms with Gasteiger partial charge in [0.15, 0.2) is 0 Å². The van der Waals surface area contributed by atoms with Gasteiger partial charge in [-0.3, -0.25) is 0 Å². The Hall–Kier alpha value is -2.86. The van der Waals surface area contributed by atoms with Crippen LogP contribution in [0.5, 0.6) is 0 Å². The van der Waals surface area contributed by atoms with Gasteiger partial charge in [-0.1, -0.05) is 104 Å². The molecule has 1 unspecified atom stereocenters. The summed E-state index contributed by atoms with van der Waals surface area (Å²) in [6.45, 7) is 6.54. The van der Waals surface area contributed by atoms with Crippen LogP contribution in [0.25, 0.3) is 18.2 Å². The quantitative estimate of drug-likeness (QED) is 0.428. The van der Waals surface area contributed by atoms with E-state index in [1.807, 2.05) is 0 Å². The van der Waals surface area contributed by atoms with Crippen LogP contribution in [-0.2, 0) is 0 Å². The predicted octanol–water partition coefficient (Wildman–Crippen LogP) is 7.29. The van der Waals surface area contributed by atoms with Crippen molar-refractivity contribution in [1.29, 1.82) is 0 Å². The zero-order valence-electron chi connectivity index (χ0n) is 15.8. The zero-order chi connectivity index (χ0) is 18.4. The van der Waals surface area contributed by atoms with Crippen molar-refractivity contribution in [3.05, 3.63) is 112 Å². The summed E-state index contributed by atoms with van der Waals surface area (Å²) in [6.07, 6.45) is 8.87. The summed E-state index contributed by atoms with van der Waals surface area (Å²) >= 11 is 0. The fourth-order valence-corrected chi connectivity index (χ4v) is 3.00. The molecule has 0 saturated heterocycles. The summed E-state index contributed by atoms with van der Waals surface area (Å²) in [5.41, 5.74) is 7.74. The van der Waals surface area contributed by atoms with Crippen LogP contribution in [0.2, 0.25) is 0 Å². The molecule has 0 heteroatoms. The van der Waals surface area contributed by atoms with Crippen molar-refractivity contribution in [3.8, 4) is 0 Å². The largest absolute Gasteiger partial charge is 0.0767 e. The lowest BCUT2D eigenvalue weighted by Gasteiger charge is -2.08. The van der Waals surface area contributed by atoms with Gasteiger partial charge in [-0.2, -0.15) is 0 Å². The van der Waals surface area contributed by atoms with E-state index in [9.17, 15) is 0 Å². The van der Waals surface area contributed by atoms with Crippen LogP contribution < -0.4 is 0 Å². The van der Waals surface area contributed by atoms with Gasteiger partial charge in [0.05, 0.1) is 0 Å². The zero-order valence-corrected chi connectivity index (χ0v) is 15.8. The van der Waals surface area contributed by atoms with Gasteiger partial charge in [0.1, 0.15) is 0 Å². The Morgan fingerprint density at radius 1 is 0.615 bits per heavy atom. The molecule has 0 fully saturated rings. The molecule has 3 aromatic rings. The van der Waals surface area contributed by atoms with Gasteiger partial charge in [-0.05, 0) is 53.1 Å². The van der Waals surface area contributed by atoms with Crippen molar-refractivity contribution in [2.45, 2.75) is 26.7 Å². The molecule has 0 heterocycles. The summed E-state index contributed by atoms with van der Waals surface area (Å²) in [5, 5.41) is 0. The average molecular weight is 338 g/mol. The molecule has 0 aromatic heterocycles. The Morgan fingerprint density at radius 2 is 1.15 bits per heavy atom. The van der Waals surface area contributed by atoms with E-state index in [0.717, 1.165) is 0 Å². The highest BCUT2D eigenvalue weighted by Crippen LogP contribution is 2.21. The molecule has 1 atom stereocenters. The second-order valence-corrected chi connectivity index (χ2v) is 6.86. The minimum Gasteiger partial charge on any atom is -0.0767 e. The number of hydrogen-bond acceptors (Lipinski definition) is 0. The Morgan fingerprint density at radius 3 is 1.73 bits per heavy atom. The maximum atomic E-state index is 2.28. The number of aryl methyl sites for hydroxylation is 2. The van der Waals surface area contributed by atoms with E-state index in [1.54, 1.807) is 0 Å². The van der Waals surface area contributed by atoms with E-state index in [2.05, 4.69) is 118 Å². The van der Waals surface area contributed by atoms with Gasteiger partial charge in [-0.15, -0.1) is 0 Å². The van der Waals surface area contributed by atoms with Gasteiger partial charge in [0.25, 0.3) is 0 Å². The van der Waals surface area contributed by atoms with Crippen molar-refractivity contribution in [2.24, 2.45) is 0 Å². The molecule has 0 saturated carbocycles. The molecule has 0 bridgehead atoms. The topological polar surface area (TPSA) is 0 Å². The highest BCUT2D eigenvalue weighted by molar-refractivity contribution is 5.71. The van der Waals surface area contributed by atoms with Gasteiger partial charge >= 0.3 is 0 Å². The molecule has 0 aliphatic carbocycles. The first-order chi connectivity index (χ1) is 12.6. The van der Waals surface area contributed by atoms with Crippen molar-refractivity contribution >= 4 is 18.2 Å². The van der Waals surface area contributed by atoms with Crippen molar-refractivity contribution in [3.63, 3.8) is 0 Å². The predicted molar refractivity (Wildman–Crippen MR) is 115 cm³/mol. The molecule has 3 aromatic carbocycles. The summed E-state index contributed by atoms with van der Waals surface area (Å²) in [4.78, 5) is 0. The van der Waals surface area contributed by atoms with Crippen molar-refractivity contribution in [1.82, 2.24) is 0 Å². The maximum Gasteiger partial charge on any atom is -0.000710 e. The first kappa shape index (κ1) is 17.9. The molecule has 0 nitrogen and oxygen atoms in total. The Labute approximate surface area is 157 Å². The summed E-state index contributed by atoms with van der Waals surface area (Å²) in [5.74, 6) is 0.393. The summed E-state index contributed by atoms with van der Waals surface area (Å²) in [7, 11) is 0. The van der Waals surface area contributed by atoms with Crippen LogP contribution in [0, 0.1) is 13.8 Å². The molecular weight excluding hydrogens is 312 g/mol. The van der Waals surface area contributed by atoms with Gasteiger partial charge in [0, 0.05) is 0 Å². The van der Waals surface area contributed by atoms with Gasteiger partial charge in [0.2, 0.25) is 0 Å². The second kappa shape index (κ2) is 8.49. The van der Waals surface area contributed by atoms with E-state index >= 15 is 0 Å². The Kier molecular flexibility index (Phi) is 5.86. The van der Waals surface area contributed by atoms with Gasteiger partial charge < -0.3 is 0 Å². The van der Waals surface area contributed by atoms with E-state index in [-0.39, 0.29) is 0 Å². The Balaban J connectivity index is 1.69. The first-order valence-corrected chi connectivity index (χ1v) is 9.21. The smallest absolute Gasteiger partial charge is 0.000710 e. The number of hydrogen-bond donors (Lipinski definition) is 0. The lowest BCUT2D eigenvalue weighted by molar-refractivity contribution is 0.972. The molecule has 0 amide bonds. The molecule has 26 heavy (non-hydrogen) atoms. The lowest BCUT2D eigenvalue weighted by Crippen LogP contribution is -1.89. The normalized spacial score (nSPS) is 12.7. The third-order valence-corrected chi connectivity index (χ3v) is 4.86. The molecule has 3 rings (SSSR count). The fraction of sp³-hybridized carbons (Fsp3) is 0.154. The monoisotopic (exact) mass is 338 g/mol. The standard InChI is InChI=1S/C26H26/c1-20-8-4-6-10-24(20)16-12-22(3)26-18-14-23(15-19-26)13-17-25-11-7-5-9-21(25)2/h4-19,22H,1-3H3. The SMILES string of the molecule is Cc1ccccc1C=Cc1ccc(C(C)C=Cc2ccccc2C)cc1. The molecule has 0 N–H and O–H groups in total. The summed E-state index contributed by atoms with van der Waals surface area (Å²) < 4.78 is 0. The molecular formula is C26H26. The van der Waals surface area contributed by atoms with E-state index in [0.29, 0.717) is 5.92 Å². The molecule has 0 aliphatic heterocycles.